The van der Waals surface area contributed by atoms with Crippen LogP contribution in [0, 0.1) is 5.82 Å². The summed E-state index contributed by atoms with van der Waals surface area (Å²) in [4.78, 5) is 15.1. The first-order chi connectivity index (χ1) is 10.0. The number of hydrogen-bond donors (Lipinski definition) is 3. The molecule has 3 aromatic rings. The SMILES string of the molecule is Nc1cccc2cc(C(=O)Nc3ccc(F)c(Cl)c3)[nH]c12. The zero-order chi connectivity index (χ0) is 15.0. The second-order valence-electron chi connectivity index (χ2n) is 4.58. The molecule has 0 aliphatic heterocycles. The van der Waals surface area contributed by atoms with Crippen LogP contribution in [0.4, 0.5) is 15.8 Å². The highest BCUT2D eigenvalue weighted by molar-refractivity contribution is 6.31. The van der Waals surface area contributed by atoms with Gasteiger partial charge < -0.3 is 16.0 Å². The minimum absolute atomic E-state index is 0.0475. The number of aromatic amines is 1. The molecule has 4 nitrogen and oxygen atoms in total. The van der Waals surface area contributed by atoms with E-state index in [-0.39, 0.29) is 10.9 Å². The zero-order valence-electron chi connectivity index (χ0n) is 10.8. The van der Waals surface area contributed by atoms with Crippen LogP contribution in [0.3, 0.4) is 0 Å². The van der Waals surface area contributed by atoms with Crippen LogP contribution in [0.5, 0.6) is 0 Å². The minimum Gasteiger partial charge on any atom is -0.397 e. The van der Waals surface area contributed by atoms with E-state index in [9.17, 15) is 9.18 Å². The van der Waals surface area contributed by atoms with Crippen molar-refractivity contribution in [3.05, 3.63) is 59.0 Å². The van der Waals surface area contributed by atoms with Crippen LogP contribution >= 0.6 is 11.6 Å². The van der Waals surface area contributed by atoms with E-state index >= 15 is 0 Å². The lowest BCUT2D eigenvalue weighted by atomic mass is 10.2. The molecule has 0 spiro atoms. The summed E-state index contributed by atoms with van der Waals surface area (Å²) >= 11 is 5.68. The van der Waals surface area contributed by atoms with Crippen LogP contribution in [0.2, 0.25) is 5.02 Å². The summed E-state index contributed by atoms with van der Waals surface area (Å²) in [6.45, 7) is 0. The molecule has 1 amide bonds. The molecule has 2 aromatic carbocycles. The van der Waals surface area contributed by atoms with Gasteiger partial charge in [0.05, 0.1) is 16.2 Å². The average Bonchev–Trinajstić information content (AvgIpc) is 2.89. The molecule has 0 aliphatic rings. The van der Waals surface area contributed by atoms with E-state index in [1.807, 2.05) is 12.1 Å². The number of carbonyl (C=O) groups excluding carboxylic acids is 1. The van der Waals surface area contributed by atoms with Gasteiger partial charge in [-0.3, -0.25) is 4.79 Å². The van der Waals surface area contributed by atoms with Gasteiger partial charge in [0.1, 0.15) is 11.5 Å². The molecule has 0 bridgehead atoms. The summed E-state index contributed by atoms with van der Waals surface area (Å²) in [5.74, 6) is -0.888. The highest BCUT2D eigenvalue weighted by Crippen LogP contribution is 2.23. The number of nitrogens with one attached hydrogen (secondary N) is 2. The summed E-state index contributed by atoms with van der Waals surface area (Å²) < 4.78 is 13.1. The Morgan fingerprint density at radius 2 is 2.05 bits per heavy atom. The van der Waals surface area contributed by atoms with E-state index in [1.165, 1.54) is 18.2 Å². The molecule has 106 valence electrons. The standard InChI is InChI=1S/C15H11ClFN3O/c16-10-7-9(4-5-11(10)17)19-15(21)13-6-8-2-1-3-12(18)14(8)20-13/h1-7,20H,18H2,(H,19,21). The number of fused-ring (bicyclic) bond motifs is 1. The van der Waals surface area contributed by atoms with Gasteiger partial charge in [0.15, 0.2) is 0 Å². The molecule has 1 heterocycles. The Labute approximate surface area is 124 Å². The van der Waals surface area contributed by atoms with Gasteiger partial charge in [-0.05, 0) is 30.3 Å². The lowest BCUT2D eigenvalue weighted by Crippen LogP contribution is -2.12. The quantitative estimate of drug-likeness (QED) is 0.630. The number of para-hydroxylation sites is 1. The maximum Gasteiger partial charge on any atom is 0.272 e. The number of nitrogens with two attached hydrogens (primary N) is 1. The Morgan fingerprint density at radius 1 is 1.24 bits per heavy atom. The highest BCUT2D eigenvalue weighted by Gasteiger charge is 2.11. The van der Waals surface area contributed by atoms with Gasteiger partial charge in [0, 0.05) is 11.1 Å². The van der Waals surface area contributed by atoms with Crippen molar-refractivity contribution in [1.82, 2.24) is 4.98 Å². The second-order valence-corrected chi connectivity index (χ2v) is 4.98. The van der Waals surface area contributed by atoms with E-state index in [0.717, 1.165) is 5.39 Å². The number of carbonyl (C=O) groups is 1. The maximum absolute atomic E-state index is 13.1. The molecule has 0 atom stereocenters. The maximum atomic E-state index is 13.1. The Balaban J connectivity index is 1.90. The Hall–Kier alpha value is -2.53. The zero-order valence-corrected chi connectivity index (χ0v) is 11.5. The Morgan fingerprint density at radius 3 is 2.76 bits per heavy atom. The van der Waals surface area contributed by atoms with Crippen molar-refractivity contribution >= 4 is 39.8 Å². The molecule has 21 heavy (non-hydrogen) atoms. The fraction of sp³-hybridized carbons (Fsp3) is 0. The fourth-order valence-corrected chi connectivity index (χ4v) is 2.25. The molecule has 0 unspecified atom stereocenters. The van der Waals surface area contributed by atoms with E-state index < -0.39 is 5.82 Å². The van der Waals surface area contributed by atoms with Gasteiger partial charge in [-0.15, -0.1) is 0 Å². The minimum atomic E-state index is -0.534. The number of benzene rings is 2. The lowest BCUT2D eigenvalue weighted by Gasteiger charge is -2.04. The Bertz CT molecular complexity index is 844. The van der Waals surface area contributed by atoms with Crippen molar-refractivity contribution in [3.63, 3.8) is 0 Å². The van der Waals surface area contributed by atoms with Crippen molar-refractivity contribution in [2.45, 2.75) is 0 Å². The van der Waals surface area contributed by atoms with Gasteiger partial charge in [0.25, 0.3) is 5.91 Å². The van der Waals surface area contributed by atoms with Crippen LogP contribution < -0.4 is 11.1 Å². The number of rotatable bonds is 2. The van der Waals surface area contributed by atoms with Crippen LogP contribution in [0.15, 0.2) is 42.5 Å². The fourth-order valence-electron chi connectivity index (χ4n) is 2.07. The molecular weight excluding hydrogens is 293 g/mol. The number of H-pyrrole nitrogens is 1. The highest BCUT2D eigenvalue weighted by atomic mass is 35.5. The second kappa shape index (κ2) is 5.10. The van der Waals surface area contributed by atoms with E-state index in [2.05, 4.69) is 10.3 Å². The van der Waals surface area contributed by atoms with Crippen LogP contribution in [-0.2, 0) is 0 Å². The first-order valence-corrected chi connectivity index (χ1v) is 6.56. The number of amides is 1. The number of halogens is 2. The third kappa shape index (κ3) is 2.55. The third-order valence-corrected chi connectivity index (χ3v) is 3.40. The van der Waals surface area contributed by atoms with Crippen LogP contribution in [0.25, 0.3) is 10.9 Å². The molecule has 3 rings (SSSR count). The Kier molecular flexibility index (Phi) is 3.27. The summed E-state index contributed by atoms with van der Waals surface area (Å²) in [6.07, 6.45) is 0. The van der Waals surface area contributed by atoms with Gasteiger partial charge in [-0.1, -0.05) is 23.7 Å². The molecule has 1 aromatic heterocycles. The summed E-state index contributed by atoms with van der Waals surface area (Å²) in [6, 6.07) is 11.1. The molecule has 0 radical (unpaired) electrons. The first kappa shape index (κ1) is 13.5. The first-order valence-electron chi connectivity index (χ1n) is 6.18. The van der Waals surface area contributed by atoms with Gasteiger partial charge >= 0.3 is 0 Å². The molecule has 0 aliphatic carbocycles. The molecule has 0 fully saturated rings. The molecule has 6 heteroatoms. The van der Waals surface area contributed by atoms with E-state index in [4.69, 9.17) is 17.3 Å². The third-order valence-electron chi connectivity index (χ3n) is 3.11. The summed E-state index contributed by atoms with van der Waals surface area (Å²) in [5, 5.41) is 3.44. The van der Waals surface area contributed by atoms with Gasteiger partial charge in [0.2, 0.25) is 0 Å². The lowest BCUT2D eigenvalue weighted by molar-refractivity contribution is 0.102. The van der Waals surface area contributed by atoms with Gasteiger partial charge in [-0.25, -0.2) is 4.39 Å². The van der Waals surface area contributed by atoms with Crippen molar-refractivity contribution in [2.75, 3.05) is 11.1 Å². The topological polar surface area (TPSA) is 70.9 Å². The smallest absolute Gasteiger partial charge is 0.272 e. The largest absolute Gasteiger partial charge is 0.397 e. The van der Waals surface area contributed by atoms with Crippen molar-refractivity contribution in [2.24, 2.45) is 0 Å². The molecule has 0 saturated carbocycles. The predicted molar refractivity (Wildman–Crippen MR) is 82.1 cm³/mol. The normalized spacial score (nSPS) is 10.8. The predicted octanol–water partition coefficient (Wildman–Crippen LogP) is 3.79. The molecular formula is C15H11ClFN3O. The summed E-state index contributed by atoms with van der Waals surface area (Å²) in [7, 11) is 0. The number of aromatic nitrogens is 1. The average molecular weight is 304 g/mol. The van der Waals surface area contributed by atoms with E-state index in [0.29, 0.717) is 22.6 Å². The number of anilines is 2. The van der Waals surface area contributed by atoms with Crippen molar-refractivity contribution in [3.8, 4) is 0 Å². The molecule has 4 N–H and O–H groups in total. The monoisotopic (exact) mass is 303 g/mol. The molecule has 0 saturated heterocycles. The number of nitrogen functional groups attached to an aromatic ring is 1. The van der Waals surface area contributed by atoms with Gasteiger partial charge in [-0.2, -0.15) is 0 Å². The van der Waals surface area contributed by atoms with Crippen molar-refractivity contribution in [1.29, 1.82) is 0 Å². The number of hydrogen-bond acceptors (Lipinski definition) is 2. The van der Waals surface area contributed by atoms with Crippen LogP contribution in [-0.4, -0.2) is 10.9 Å². The van der Waals surface area contributed by atoms with E-state index in [1.54, 1.807) is 12.1 Å². The van der Waals surface area contributed by atoms with Crippen molar-refractivity contribution < 1.29 is 9.18 Å². The summed E-state index contributed by atoms with van der Waals surface area (Å²) in [5.41, 5.74) is 7.89. The van der Waals surface area contributed by atoms with Crippen LogP contribution in [0.1, 0.15) is 10.5 Å².